The van der Waals surface area contributed by atoms with Gasteiger partial charge in [-0.2, -0.15) is 0 Å². The molecule has 0 aromatic heterocycles. The third-order valence-corrected chi connectivity index (χ3v) is 3.60. The predicted molar refractivity (Wildman–Crippen MR) is 115 cm³/mol. The van der Waals surface area contributed by atoms with Crippen molar-refractivity contribution in [3.8, 4) is 11.5 Å². The molecular formula is C18H32IN3O4. The average Bonchev–Trinajstić information content (AvgIpc) is 2.66. The molecule has 0 saturated heterocycles. The maximum absolute atomic E-state index is 5.43. The monoisotopic (exact) mass is 481 g/mol. The summed E-state index contributed by atoms with van der Waals surface area (Å²) >= 11 is 0. The van der Waals surface area contributed by atoms with Crippen molar-refractivity contribution in [1.82, 2.24) is 10.6 Å². The van der Waals surface area contributed by atoms with Gasteiger partial charge in [0.2, 0.25) is 0 Å². The van der Waals surface area contributed by atoms with Crippen LogP contribution in [0.3, 0.4) is 0 Å². The van der Waals surface area contributed by atoms with E-state index in [1.165, 1.54) is 0 Å². The number of ether oxygens (including phenoxy) is 4. The summed E-state index contributed by atoms with van der Waals surface area (Å²) in [4.78, 5) is 4.23. The Bertz CT molecular complexity index is 515. The number of nitrogens with one attached hydrogen (secondary N) is 2. The van der Waals surface area contributed by atoms with Crippen LogP contribution < -0.4 is 20.1 Å². The summed E-state index contributed by atoms with van der Waals surface area (Å²) in [5, 5.41) is 6.58. The molecule has 0 aliphatic heterocycles. The Morgan fingerprint density at radius 2 is 1.81 bits per heavy atom. The summed E-state index contributed by atoms with van der Waals surface area (Å²) < 4.78 is 21.0. The van der Waals surface area contributed by atoms with Crippen LogP contribution in [0.15, 0.2) is 23.2 Å². The van der Waals surface area contributed by atoms with Gasteiger partial charge in [0.15, 0.2) is 5.96 Å². The van der Waals surface area contributed by atoms with Crippen molar-refractivity contribution in [2.45, 2.75) is 19.4 Å². The highest BCUT2D eigenvalue weighted by Gasteiger charge is 2.06. The fourth-order valence-electron chi connectivity index (χ4n) is 2.18. The molecule has 0 unspecified atom stereocenters. The van der Waals surface area contributed by atoms with E-state index in [2.05, 4.69) is 15.6 Å². The highest BCUT2D eigenvalue weighted by atomic mass is 127. The lowest BCUT2D eigenvalue weighted by Gasteiger charge is -2.14. The van der Waals surface area contributed by atoms with Gasteiger partial charge in [0, 0.05) is 45.5 Å². The van der Waals surface area contributed by atoms with Gasteiger partial charge < -0.3 is 29.6 Å². The van der Waals surface area contributed by atoms with Crippen LogP contribution in [0.25, 0.3) is 0 Å². The van der Waals surface area contributed by atoms with Crippen molar-refractivity contribution >= 4 is 29.9 Å². The third-order valence-electron chi connectivity index (χ3n) is 3.60. The van der Waals surface area contributed by atoms with Gasteiger partial charge in [0.25, 0.3) is 0 Å². The molecule has 0 atom stereocenters. The fraction of sp³-hybridized carbons (Fsp3) is 0.611. The summed E-state index contributed by atoms with van der Waals surface area (Å²) in [5.41, 5.74) is 1.04. The average molecular weight is 481 g/mol. The van der Waals surface area contributed by atoms with E-state index >= 15 is 0 Å². The number of rotatable bonds is 12. The van der Waals surface area contributed by atoms with E-state index in [4.69, 9.17) is 18.9 Å². The molecule has 0 bridgehead atoms. The predicted octanol–water partition coefficient (Wildman–Crippen LogP) is 2.43. The minimum Gasteiger partial charge on any atom is -0.497 e. The van der Waals surface area contributed by atoms with Crippen LogP contribution >= 0.6 is 24.0 Å². The molecule has 2 N–H and O–H groups in total. The lowest BCUT2D eigenvalue weighted by Crippen LogP contribution is -2.37. The second-order valence-electron chi connectivity index (χ2n) is 5.34. The highest BCUT2D eigenvalue weighted by Crippen LogP contribution is 2.24. The SMILES string of the molecule is CN=C(NCCCCOCCOC)NCc1ccc(OC)cc1OC.I. The molecule has 1 aromatic rings. The number of nitrogens with zero attached hydrogens (tertiary/aromatic N) is 1. The topological polar surface area (TPSA) is 73.3 Å². The van der Waals surface area contributed by atoms with E-state index in [0.717, 1.165) is 49.0 Å². The van der Waals surface area contributed by atoms with E-state index in [1.807, 2.05) is 18.2 Å². The number of hydrogen-bond acceptors (Lipinski definition) is 5. The molecule has 0 fully saturated rings. The van der Waals surface area contributed by atoms with Crippen LogP contribution in [-0.4, -0.2) is 60.7 Å². The molecule has 1 aromatic carbocycles. The van der Waals surface area contributed by atoms with Crippen molar-refractivity contribution in [2.75, 3.05) is 54.7 Å². The molecule has 26 heavy (non-hydrogen) atoms. The van der Waals surface area contributed by atoms with Crippen molar-refractivity contribution < 1.29 is 18.9 Å². The number of aliphatic imine (C=N–C) groups is 1. The molecule has 0 saturated carbocycles. The zero-order valence-electron chi connectivity index (χ0n) is 16.2. The molecule has 0 heterocycles. The van der Waals surface area contributed by atoms with E-state index < -0.39 is 0 Å². The van der Waals surface area contributed by atoms with Crippen LogP contribution in [0, 0.1) is 0 Å². The van der Waals surface area contributed by atoms with Gasteiger partial charge in [-0.3, -0.25) is 4.99 Å². The number of hydrogen-bond donors (Lipinski definition) is 2. The molecule has 8 heteroatoms. The third kappa shape index (κ3) is 10.0. The van der Waals surface area contributed by atoms with Gasteiger partial charge >= 0.3 is 0 Å². The summed E-state index contributed by atoms with van der Waals surface area (Å²) in [5.74, 6) is 2.32. The maximum atomic E-state index is 5.43. The normalized spacial score (nSPS) is 10.8. The first-order chi connectivity index (χ1) is 12.2. The molecule has 1 rings (SSSR count). The molecule has 7 nitrogen and oxygen atoms in total. The highest BCUT2D eigenvalue weighted by molar-refractivity contribution is 14.0. The molecule has 0 radical (unpaired) electrons. The number of unbranched alkanes of at least 4 members (excludes halogenated alkanes) is 1. The Balaban J connectivity index is 0.00000625. The van der Waals surface area contributed by atoms with E-state index in [-0.39, 0.29) is 24.0 Å². The standard InChI is InChI=1S/C18H31N3O4.HI/c1-19-18(20-9-5-6-10-25-12-11-22-2)21-14-15-7-8-16(23-3)13-17(15)24-4;/h7-8,13H,5-6,9-12,14H2,1-4H3,(H2,19,20,21);1H. The minimum absolute atomic E-state index is 0. The molecule has 0 aliphatic rings. The van der Waals surface area contributed by atoms with Crippen LogP contribution in [-0.2, 0) is 16.0 Å². The minimum atomic E-state index is 0. The lowest BCUT2D eigenvalue weighted by atomic mass is 10.2. The van der Waals surface area contributed by atoms with E-state index in [1.54, 1.807) is 28.4 Å². The number of methoxy groups -OCH3 is 3. The molecule has 0 aliphatic carbocycles. The fourth-order valence-corrected chi connectivity index (χ4v) is 2.18. The summed E-state index contributed by atoms with van der Waals surface area (Å²) in [6.07, 6.45) is 2.01. The largest absolute Gasteiger partial charge is 0.497 e. The van der Waals surface area contributed by atoms with E-state index in [9.17, 15) is 0 Å². The van der Waals surface area contributed by atoms with Gasteiger partial charge in [-0.15, -0.1) is 24.0 Å². The first-order valence-electron chi connectivity index (χ1n) is 8.47. The molecule has 0 amide bonds. The lowest BCUT2D eigenvalue weighted by molar-refractivity contribution is 0.0689. The quantitative estimate of drug-likeness (QED) is 0.207. The van der Waals surface area contributed by atoms with Gasteiger partial charge in [0.1, 0.15) is 11.5 Å². The Morgan fingerprint density at radius 3 is 2.46 bits per heavy atom. The Hall–Kier alpha value is -1.26. The van der Waals surface area contributed by atoms with Crippen molar-refractivity contribution in [3.63, 3.8) is 0 Å². The summed E-state index contributed by atoms with van der Waals surface area (Å²) in [6, 6.07) is 5.77. The zero-order valence-corrected chi connectivity index (χ0v) is 18.5. The van der Waals surface area contributed by atoms with Crippen molar-refractivity contribution in [3.05, 3.63) is 23.8 Å². The van der Waals surface area contributed by atoms with Crippen LogP contribution in [0.1, 0.15) is 18.4 Å². The first kappa shape index (κ1) is 24.7. The van der Waals surface area contributed by atoms with Gasteiger partial charge in [-0.1, -0.05) is 0 Å². The van der Waals surface area contributed by atoms with Crippen LogP contribution in [0.5, 0.6) is 11.5 Å². The van der Waals surface area contributed by atoms with Crippen LogP contribution in [0.2, 0.25) is 0 Å². The Kier molecular flexibility index (Phi) is 15.2. The van der Waals surface area contributed by atoms with Gasteiger partial charge in [0.05, 0.1) is 27.4 Å². The zero-order chi connectivity index (χ0) is 18.3. The number of benzene rings is 1. The number of halogens is 1. The van der Waals surface area contributed by atoms with Gasteiger partial charge in [-0.25, -0.2) is 0 Å². The molecule has 0 spiro atoms. The molecule has 150 valence electrons. The van der Waals surface area contributed by atoms with Crippen molar-refractivity contribution in [1.29, 1.82) is 0 Å². The first-order valence-corrected chi connectivity index (χ1v) is 8.47. The maximum Gasteiger partial charge on any atom is 0.191 e. The van der Waals surface area contributed by atoms with E-state index in [0.29, 0.717) is 19.8 Å². The second-order valence-corrected chi connectivity index (χ2v) is 5.34. The Labute approximate surface area is 173 Å². The number of guanidine groups is 1. The van der Waals surface area contributed by atoms with Gasteiger partial charge in [-0.05, 0) is 25.0 Å². The van der Waals surface area contributed by atoms with Crippen LogP contribution in [0.4, 0.5) is 0 Å². The Morgan fingerprint density at radius 1 is 1.00 bits per heavy atom. The van der Waals surface area contributed by atoms with Crippen molar-refractivity contribution in [2.24, 2.45) is 4.99 Å². The molecular weight excluding hydrogens is 449 g/mol. The smallest absolute Gasteiger partial charge is 0.191 e. The summed E-state index contributed by atoms with van der Waals surface area (Å²) in [7, 11) is 6.73. The second kappa shape index (κ2) is 16.0. The summed E-state index contributed by atoms with van der Waals surface area (Å²) in [6.45, 7) is 3.50.